The molecule has 0 fully saturated rings. The Hall–Kier alpha value is -3.77. The highest BCUT2D eigenvalue weighted by Gasteiger charge is 2.35. The van der Waals surface area contributed by atoms with E-state index in [0.29, 0.717) is 17.0 Å². The fourth-order valence-corrected chi connectivity index (χ4v) is 3.78. The molecule has 2 N–H and O–H groups in total. The molecular formula is C26H25N3O3. The lowest BCUT2D eigenvalue weighted by atomic mass is 9.90. The summed E-state index contributed by atoms with van der Waals surface area (Å²) >= 11 is 0. The van der Waals surface area contributed by atoms with E-state index in [4.69, 9.17) is 9.73 Å². The van der Waals surface area contributed by atoms with Gasteiger partial charge in [-0.1, -0.05) is 55.5 Å². The lowest BCUT2D eigenvalue weighted by Gasteiger charge is -2.14. The molecule has 6 heteroatoms. The molecule has 0 spiro atoms. The number of hydrogen-bond acceptors (Lipinski definition) is 5. The van der Waals surface area contributed by atoms with E-state index in [1.165, 1.54) is 12.7 Å². The number of esters is 1. The number of benzene rings is 3. The molecule has 0 radical (unpaired) electrons. The molecular weight excluding hydrogens is 402 g/mol. The van der Waals surface area contributed by atoms with Crippen LogP contribution in [0, 0.1) is 0 Å². The number of fused-ring (bicyclic) bond motifs is 1. The van der Waals surface area contributed by atoms with E-state index in [1.807, 2.05) is 54.6 Å². The third-order valence-electron chi connectivity index (χ3n) is 5.41. The minimum absolute atomic E-state index is 0.173. The average molecular weight is 428 g/mol. The van der Waals surface area contributed by atoms with Crippen molar-refractivity contribution in [3.8, 4) is 0 Å². The number of rotatable bonds is 7. The largest absolute Gasteiger partial charge is 0.465 e. The summed E-state index contributed by atoms with van der Waals surface area (Å²) in [5.74, 6) is -1.20. The van der Waals surface area contributed by atoms with Crippen LogP contribution in [0.5, 0.6) is 0 Å². The topological polar surface area (TPSA) is 79.8 Å². The van der Waals surface area contributed by atoms with Crippen molar-refractivity contribution in [1.29, 1.82) is 0 Å². The molecule has 0 aliphatic carbocycles. The molecule has 1 aliphatic heterocycles. The second-order valence-electron chi connectivity index (χ2n) is 7.53. The Kier molecular flexibility index (Phi) is 6.42. The Labute approximate surface area is 187 Å². The molecule has 0 aromatic heterocycles. The van der Waals surface area contributed by atoms with Crippen molar-refractivity contribution in [2.75, 3.05) is 19.0 Å². The Morgan fingerprint density at radius 2 is 1.78 bits per heavy atom. The maximum atomic E-state index is 13.0. The molecule has 1 unspecified atom stereocenters. The summed E-state index contributed by atoms with van der Waals surface area (Å²) in [7, 11) is 1.33. The molecule has 0 bridgehead atoms. The smallest absolute Gasteiger partial charge is 0.337 e. The quantitative estimate of drug-likeness (QED) is 0.432. The lowest BCUT2D eigenvalue weighted by Crippen LogP contribution is -2.21. The van der Waals surface area contributed by atoms with Crippen LogP contribution in [-0.2, 0) is 16.1 Å². The van der Waals surface area contributed by atoms with Gasteiger partial charge in [0, 0.05) is 12.2 Å². The van der Waals surface area contributed by atoms with Crippen LogP contribution in [-0.4, -0.2) is 31.2 Å². The van der Waals surface area contributed by atoms with E-state index in [0.717, 1.165) is 29.9 Å². The van der Waals surface area contributed by atoms with Crippen LogP contribution in [0.15, 0.2) is 77.8 Å². The second kappa shape index (κ2) is 9.58. The maximum absolute atomic E-state index is 13.0. The van der Waals surface area contributed by atoms with Crippen LogP contribution >= 0.6 is 0 Å². The number of anilines is 1. The molecule has 0 saturated heterocycles. The zero-order valence-corrected chi connectivity index (χ0v) is 18.1. The third-order valence-corrected chi connectivity index (χ3v) is 5.41. The molecule has 1 amide bonds. The minimum Gasteiger partial charge on any atom is -0.465 e. The third kappa shape index (κ3) is 4.45. The van der Waals surface area contributed by atoms with E-state index in [-0.39, 0.29) is 5.91 Å². The fraction of sp³-hybridized carbons (Fsp3) is 0.192. The maximum Gasteiger partial charge on any atom is 0.337 e. The van der Waals surface area contributed by atoms with Crippen molar-refractivity contribution in [3.05, 3.63) is 95.1 Å². The van der Waals surface area contributed by atoms with Crippen LogP contribution in [0.25, 0.3) is 0 Å². The van der Waals surface area contributed by atoms with E-state index < -0.39 is 11.9 Å². The molecule has 4 rings (SSSR count). The van der Waals surface area contributed by atoms with E-state index >= 15 is 0 Å². The number of carbonyl (C=O) groups excluding carboxylic acids is 2. The van der Waals surface area contributed by atoms with Gasteiger partial charge in [0.05, 0.1) is 24.1 Å². The number of aliphatic imine (C=N–C) groups is 1. The number of nitrogens with zero attached hydrogens (tertiary/aromatic N) is 1. The molecule has 32 heavy (non-hydrogen) atoms. The van der Waals surface area contributed by atoms with Crippen molar-refractivity contribution in [2.45, 2.75) is 19.4 Å². The highest BCUT2D eigenvalue weighted by Crippen LogP contribution is 2.37. The van der Waals surface area contributed by atoms with Gasteiger partial charge in [-0.25, -0.2) is 4.79 Å². The number of nitrogens with one attached hydrogen (secondary N) is 2. The number of methoxy groups -OCH3 is 1. The van der Waals surface area contributed by atoms with Crippen molar-refractivity contribution >= 4 is 29.0 Å². The summed E-state index contributed by atoms with van der Waals surface area (Å²) in [6, 6.07) is 22.8. The summed E-state index contributed by atoms with van der Waals surface area (Å²) in [5, 5.41) is 6.21. The zero-order valence-electron chi connectivity index (χ0n) is 18.1. The van der Waals surface area contributed by atoms with Crippen molar-refractivity contribution in [2.24, 2.45) is 4.99 Å². The Bertz CT molecular complexity index is 1150. The van der Waals surface area contributed by atoms with Gasteiger partial charge >= 0.3 is 5.97 Å². The van der Waals surface area contributed by atoms with Crippen LogP contribution < -0.4 is 10.6 Å². The Morgan fingerprint density at radius 3 is 2.47 bits per heavy atom. The molecule has 3 aromatic rings. The van der Waals surface area contributed by atoms with Gasteiger partial charge in [0.2, 0.25) is 5.91 Å². The predicted molar refractivity (Wildman–Crippen MR) is 126 cm³/mol. The first-order chi connectivity index (χ1) is 15.6. The highest BCUT2D eigenvalue weighted by molar-refractivity contribution is 6.24. The Morgan fingerprint density at radius 1 is 1.03 bits per heavy atom. The normalized spacial score (nSPS) is 15.2. The number of amides is 1. The predicted octanol–water partition coefficient (Wildman–Crippen LogP) is 4.44. The SMILES string of the molecule is CCNCc1ccc(N=C(c2ccccc2)C2C(=O)Nc3cc(C(=O)OC)ccc32)cc1. The van der Waals surface area contributed by atoms with E-state index in [9.17, 15) is 9.59 Å². The Balaban J connectivity index is 1.75. The van der Waals surface area contributed by atoms with Crippen molar-refractivity contribution in [1.82, 2.24) is 5.32 Å². The monoisotopic (exact) mass is 427 g/mol. The summed E-state index contributed by atoms with van der Waals surface area (Å²) in [6.45, 7) is 3.78. The van der Waals surface area contributed by atoms with Gasteiger partial charge in [-0.15, -0.1) is 0 Å². The first-order valence-electron chi connectivity index (χ1n) is 10.6. The van der Waals surface area contributed by atoms with Gasteiger partial charge in [-0.2, -0.15) is 0 Å². The molecule has 6 nitrogen and oxygen atoms in total. The summed E-state index contributed by atoms with van der Waals surface area (Å²) in [6.07, 6.45) is 0. The first kappa shape index (κ1) is 21.5. The van der Waals surface area contributed by atoms with Crippen LogP contribution in [0.1, 0.15) is 39.9 Å². The average Bonchev–Trinajstić information content (AvgIpc) is 3.16. The van der Waals surface area contributed by atoms with E-state index in [1.54, 1.807) is 18.2 Å². The second-order valence-corrected chi connectivity index (χ2v) is 7.53. The number of carbonyl (C=O) groups is 2. The van der Waals surface area contributed by atoms with Crippen LogP contribution in [0.4, 0.5) is 11.4 Å². The lowest BCUT2D eigenvalue weighted by molar-refractivity contribution is -0.115. The van der Waals surface area contributed by atoms with Gasteiger partial charge in [0.25, 0.3) is 0 Å². The summed E-state index contributed by atoms with van der Waals surface area (Å²) in [4.78, 5) is 29.8. The van der Waals surface area contributed by atoms with Crippen LogP contribution in [0.2, 0.25) is 0 Å². The molecule has 0 saturated carbocycles. The molecule has 1 aliphatic rings. The van der Waals surface area contributed by atoms with Gasteiger partial charge in [-0.3, -0.25) is 9.79 Å². The van der Waals surface area contributed by atoms with Gasteiger partial charge in [0.15, 0.2) is 0 Å². The van der Waals surface area contributed by atoms with Gasteiger partial charge in [0.1, 0.15) is 5.92 Å². The molecule has 1 heterocycles. The van der Waals surface area contributed by atoms with Gasteiger partial charge < -0.3 is 15.4 Å². The standard InChI is InChI=1S/C26H25N3O3/c1-3-27-16-17-9-12-20(13-10-17)28-24(18-7-5-4-6-8-18)23-21-14-11-19(26(31)32-2)15-22(21)29-25(23)30/h4-15,23,27H,3,16H2,1-2H3,(H,29,30). The molecule has 1 atom stereocenters. The van der Waals surface area contributed by atoms with Crippen molar-refractivity contribution in [3.63, 3.8) is 0 Å². The van der Waals surface area contributed by atoms with Crippen LogP contribution in [0.3, 0.4) is 0 Å². The summed E-state index contributed by atoms with van der Waals surface area (Å²) < 4.78 is 4.80. The highest BCUT2D eigenvalue weighted by atomic mass is 16.5. The first-order valence-corrected chi connectivity index (χ1v) is 10.6. The van der Waals surface area contributed by atoms with Crippen molar-refractivity contribution < 1.29 is 14.3 Å². The van der Waals surface area contributed by atoms with Gasteiger partial charge in [-0.05, 0) is 47.5 Å². The van der Waals surface area contributed by atoms with E-state index in [2.05, 4.69) is 17.6 Å². The fourth-order valence-electron chi connectivity index (χ4n) is 3.78. The summed E-state index contributed by atoms with van der Waals surface area (Å²) in [5.41, 5.74) is 5.26. The molecule has 3 aromatic carbocycles. The number of ether oxygens (including phenoxy) is 1. The minimum atomic E-state index is -0.583. The molecule has 162 valence electrons. The zero-order chi connectivity index (χ0) is 22.5. The number of hydrogen-bond donors (Lipinski definition) is 2.